The lowest BCUT2D eigenvalue weighted by Crippen LogP contribution is -2.69. The SMILES string of the molecule is Cc1cc2cc(C(=O)N[C@@H]3[C@@H]4CCO[C@@H]4[C@H]3N(C)C)ccc2o1. The van der Waals surface area contributed by atoms with Crippen molar-refractivity contribution in [3.8, 4) is 0 Å². The summed E-state index contributed by atoms with van der Waals surface area (Å²) in [6.07, 6.45) is 1.29. The Morgan fingerprint density at radius 2 is 2.13 bits per heavy atom. The van der Waals surface area contributed by atoms with E-state index >= 15 is 0 Å². The molecular formula is C18H22N2O3. The van der Waals surface area contributed by atoms with Gasteiger partial charge in [-0.2, -0.15) is 0 Å². The Labute approximate surface area is 135 Å². The van der Waals surface area contributed by atoms with Crippen LogP contribution in [0.4, 0.5) is 0 Å². The van der Waals surface area contributed by atoms with E-state index in [1.54, 1.807) is 0 Å². The van der Waals surface area contributed by atoms with Crippen LogP contribution >= 0.6 is 0 Å². The molecule has 1 amide bonds. The van der Waals surface area contributed by atoms with Gasteiger partial charge in [0.05, 0.1) is 18.2 Å². The molecule has 23 heavy (non-hydrogen) atoms. The molecule has 1 aromatic heterocycles. The number of likely N-dealkylation sites (N-methyl/N-ethyl adjacent to an activating group) is 1. The second-order valence-electron chi connectivity index (χ2n) is 6.85. The van der Waals surface area contributed by atoms with Gasteiger partial charge < -0.3 is 19.4 Å². The van der Waals surface area contributed by atoms with Gasteiger partial charge in [-0.3, -0.25) is 4.79 Å². The summed E-state index contributed by atoms with van der Waals surface area (Å²) in [5.74, 6) is 1.27. The molecule has 4 atom stereocenters. The zero-order chi connectivity index (χ0) is 16.1. The van der Waals surface area contributed by atoms with Gasteiger partial charge in [-0.15, -0.1) is 0 Å². The number of carbonyl (C=O) groups excluding carboxylic acids is 1. The number of rotatable bonds is 3. The molecule has 4 rings (SSSR count). The standard InChI is InChI=1S/C18H22N2O3/c1-10-8-12-9-11(4-5-14(12)23-10)18(21)19-15-13-6-7-22-17(13)16(15)20(2)3/h4-5,8-9,13,15-17H,6-7H2,1-3H3,(H,19,21)/t13-,15+,16-,17-/m0/s1. The number of benzene rings is 1. The minimum Gasteiger partial charge on any atom is -0.461 e. The van der Waals surface area contributed by atoms with Crippen LogP contribution in [-0.2, 0) is 4.74 Å². The highest BCUT2D eigenvalue weighted by molar-refractivity contribution is 5.98. The average molecular weight is 314 g/mol. The Hall–Kier alpha value is -1.85. The maximum Gasteiger partial charge on any atom is 0.251 e. The Morgan fingerprint density at radius 1 is 1.30 bits per heavy atom. The van der Waals surface area contributed by atoms with E-state index in [4.69, 9.17) is 9.15 Å². The van der Waals surface area contributed by atoms with Gasteiger partial charge in [-0.1, -0.05) is 0 Å². The molecule has 1 saturated heterocycles. The monoisotopic (exact) mass is 314 g/mol. The Kier molecular flexibility index (Phi) is 3.43. The van der Waals surface area contributed by atoms with E-state index in [2.05, 4.69) is 10.2 Å². The third-order valence-electron chi connectivity index (χ3n) is 5.15. The van der Waals surface area contributed by atoms with Crippen LogP contribution in [0.25, 0.3) is 11.0 Å². The van der Waals surface area contributed by atoms with Gasteiger partial charge in [0.2, 0.25) is 0 Å². The van der Waals surface area contributed by atoms with Gasteiger partial charge in [-0.05, 0) is 51.7 Å². The molecular weight excluding hydrogens is 292 g/mol. The molecule has 5 nitrogen and oxygen atoms in total. The first-order valence-corrected chi connectivity index (χ1v) is 8.14. The summed E-state index contributed by atoms with van der Waals surface area (Å²) >= 11 is 0. The van der Waals surface area contributed by atoms with Crippen molar-refractivity contribution in [2.24, 2.45) is 5.92 Å². The molecule has 0 radical (unpaired) electrons. The molecule has 1 aliphatic carbocycles. The number of hydrogen-bond acceptors (Lipinski definition) is 4. The van der Waals surface area contributed by atoms with E-state index in [9.17, 15) is 4.79 Å². The van der Waals surface area contributed by atoms with Gasteiger partial charge in [0.15, 0.2) is 0 Å². The van der Waals surface area contributed by atoms with Crippen LogP contribution in [0, 0.1) is 12.8 Å². The molecule has 1 saturated carbocycles. The maximum absolute atomic E-state index is 12.7. The maximum atomic E-state index is 12.7. The van der Waals surface area contributed by atoms with E-state index in [-0.39, 0.29) is 24.1 Å². The molecule has 122 valence electrons. The summed E-state index contributed by atoms with van der Waals surface area (Å²) in [6, 6.07) is 7.96. The normalized spacial score (nSPS) is 29.6. The number of ether oxygens (including phenoxy) is 1. The van der Waals surface area contributed by atoms with E-state index < -0.39 is 0 Å². The van der Waals surface area contributed by atoms with Gasteiger partial charge in [0, 0.05) is 23.5 Å². The second-order valence-corrected chi connectivity index (χ2v) is 6.85. The summed E-state index contributed by atoms with van der Waals surface area (Å²) in [6.45, 7) is 2.71. The van der Waals surface area contributed by atoms with E-state index in [0.29, 0.717) is 11.5 Å². The van der Waals surface area contributed by atoms with E-state index in [0.717, 1.165) is 29.8 Å². The number of fused-ring (bicyclic) bond motifs is 2. The highest BCUT2D eigenvalue weighted by atomic mass is 16.5. The largest absolute Gasteiger partial charge is 0.461 e. The van der Waals surface area contributed by atoms with Crippen molar-refractivity contribution in [1.29, 1.82) is 0 Å². The van der Waals surface area contributed by atoms with Crippen LogP contribution < -0.4 is 5.32 Å². The number of hydrogen-bond donors (Lipinski definition) is 1. The number of nitrogens with zero attached hydrogens (tertiary/aromatic N) is 1. The number of aryl methyl sites for hydroxylation is 1. The highest BCUT2D eigenvalue weighted by Gasteiger charge is 2.55. The molecule has 0 spiro atoms. The van der Waals surface area contributed by atoms with Crippen molar-refractivity contribution < 1.29 is 13.9 Å². The van der Waals surface area contributed by atoms with Crippen molar-refractivity contribution in [2.75, 3.05) is 20.7 Å². The van der Waals surface area contributed by atoms with Gasteiger partial charge in [-0.25, -0.2) is 0 Å². The fourth-order valence-corrected chi connectivity index (χ4v) is 4.04. The zero-order valence-corrected chi connectivity index (χ0v) is 13.7. The van der Waals surface area contributed by atoms with Crippen molar-refractivity contribution >= 4 is 16.9 Å². The first kappa shape index (κ1) is 14.7. The molecule has 0 bridgehead atoms. The molecule has 0 unspecified atom stereocenters. The molecule has 1 aliphatic heterocycles. The van der Waals surface area contributed by atoms with E-state index in [1.165, 1.54) is 0 Å². The number of furan rings is 1. The number of amides is 1. The predicted octanol–water partition coefficient (Wildman–Crippen LogP) is 2.19. The van der Waals surface area contributed by atoms with Crippen molar-refractivity contribution in [3.63, 3.8) is 0 Å². The van der Waals surface area contributed by atoms with Gasteiger partial charge in [0.1, 0.15) is 11.3 Å². The minimum absolute atomic E-state index is 0.0204. The summed E-state index contributed by atoms with van der Waals surface area (Å²) in [7, 11) is 4.09. The van der Waals surface area contributed by atoms with Crippen LogP contribution in [0.5, 0.6) is 0 Å². The van der Waals surface area contributed by atoms with Crippen LogP contribution in [0.2, 0.25) is 0 Å². The topological polar surface area (TPSA) is 54.7 Å². The second kappa shape index (κ2) is 5.35. The Balaban J connectivity index is 1.54. The zero-order valence-electron chi connectivity index (χ0n) is 13.7. The molecule has 2 aliphatic rings. The number of carbonyl (C=O) groups is 1. The Morgan fingerprint density at radius 3 is 2.91 bits per heavy atom. The number of nitrogens with one attached hydrogen (secondary N) is 1. The molecule has 5 heteroatoms. The lowest BCUT2D eigenvalue weighted by Gasteiger charge is -2.50. The first-order valence-electron chi connectivity index (χ1n) is 8.14. The molecule has 1 N–H and O–H groups in total. The highest BCUT2D eigenvalue weighted by Crippen LogP contribution is 2.41. The van der Waals surface area contributed by atoms with Crippen LogP contribution in [0.3, 0.4) is 0 Å². The molecule has 2 aromatic rings. The summed E-state index contributed by atoms with van der Waals surface area (Å²) < 4.78 is 11.4. The van der Waals surface area contributed by atoms with E-state index in [1.807, 2.05) is 45.3 Å². The van der Waals surface area contributed by atoms with Crippen molar-refractivity contribution in [1.82, 2.24) is 10.2 Å². The van der Waals surface area contributed by atoms with Crippen LogP contribution in [0.15, 0.2) is 28.7 Å². The summed E-state index contributed by atoms with van der Waals surface area (Å²) in [4.78, 5) is 14.8. The quantitative estimate of drug-likeness (QED) is 0.943. The van der Waals surface area contributed by atoms with Crippen molar-refractivity contribution in [2.45, 2.75) is 31.5 Å². The fourth-order valence-electron chi connectivity index (χ4n) is 4.04. The fraction of sp³-hybridized carbons (Fsp3) is 0.500. The summed E-state index contributed by atoms with van der Waals surface area (Å²) in [5.41, 5.74) is 1.50. The van der Waals surface area contributed by atoms with Crippen molar-refractivity contribution in [3.05, 3.63) is 35.6 Å². The minimum atomic E-state index is -0.0204. The van der Waals surface area contributed by atoms with Gasteiger partial charge in [0.25, 0.3) is 5.91 Å². The van der Waals surface area contributed by atoms with Crippen LogP contribution in [-0.4, -0.2) is 49.7 Å². The summed E-state index contributed by atoms with van der Waals surface area (Å²) in [5, 5.41) is 4.18. The first-order chi connectivity index (χ1) is 11.0. The average Bonchev–Trinajstić information content (AvgIpc) is 3.06. The lowest BCUT2D eigenvalue weighted by molar-refractivity contribution is -0.0664. The predicted molar refractivity (Wildman–Crippen MR) is 87.5 cm³/mol. The van der Waals surface area contributed by atoms with Gasteiger partial charge >= 0.3 is 0 Å². The molecule has 2 heterocycles. The third-order valence-corrected chi connectivity index (χ3v) is 5.15. The Bertz CT molecular complexity index is 752. The molecule has 1 aromatic carbocycles. The third kappa shape index (κ3) is 2.35. The molecule has 2 fully saturated rings. The smallest absolute Gasteiger partial charge is 0.251 e. The van der Waals surface area contributed by atoms with Crippen LogP contribution in [0.1, 0.15) is 22.5 Å². The lowest BCUT2D eigenvalue weighted by atomic mass is 9.71.